The second-order valence-corrected chi connectivity index (χ2v) is 13.0. The molecule has 1 fully saturated rings. The van der Waals surface area contributed by atoms with Crippen LogP contribution in [0.5, 0.6) is 0 Å². The van der Waals surface area contributed by atoms with Crippen molar-refractivity contribution in [3.63, 3.8) is 0 Å². The molecule has 1 saturated heterocycles. The van der Waals surface area contributed by atoms with E-state index in [0.717, 1.165) is 46.5 Å². The Hall–Kier alpha value is -5.12. The topological polar surface area (TPSA) is 108 Å². The molecule has 1 heterocycles. The minimum atomic E-state index is -0.990. The van der Waals surface area contributed by atoms with Crippen LogP contribution in [0.4, 0.5) is 0 Å². The van der Waals surface area contributed by atoms with Gasteiger partial charge in [0.25, 0.3) is 0 Å². The van der Waals surface area contributed by atoms with Crippen molar-refractivity contribution in [3.05, 3.63) is 167 Å². The molecular formula is C43H44N2O6. The lowest BCUT2D eigenvalue weighted by atomic mass is 9.98. The van der Waals surface area contributed by atoms with Gasteiger partial charge in [-0.1, -0.05) is 127 Å². The first-order valence-corrected chi connectivity index (χ1v) is 17.4. The van der Waals surface area contributed by atoms with Crippen LogP contribution in [0, 0.1) is 0 Å². The summed E-state index contributed by atoms with van der Waals surface area (Å²) in [5, 5.41) is 21.3. The average Bonchev–Trinajstić information content (AvgIpc) is 3.17. The van der Waals surface area contributed by atoms with Gasteiger partial charge in [-0.3, -0.25) is 14.5 Å². The Balaban J connectivity index is 1.20. The molecule has 3 atom stereocenters. The predicted octanol–water partition coefficient (Wildman–Crippen LogP) is 7.57. The Labute approximate surface area is 299 Å². The predicted molar refractivity (Wildman–Crippen MR) is 196 cm³/mol. The number of ether oxygens (including phenoxy) is 2. The third-order valence-electron chi connectivity index (χ3n) is 9.07. The van der Waals surface area contributed by atoms with Crippen LogP contribution in [0.15, 0.2) is 133 Å². The largest absolute Gasteiger partial charge is 0.481 e. The summed E-state index contributed by atoms with van der Waals surface area (Å²) in [5.41, 5.74) is 8.25. The Kier molecular flexibility index (Phi) is 12.4. The molecule has 8 nitrogen and oxygen atoms in total. The first kappa shape index (κ1) is 35.7. The van der Waals surface area contributed by atoms with Gasteiger partial charge in [0, 0.05) is 44.6 Å². The standard InChI is InChI=1S/C43H44N2O6/c46-30-33-14-16-36(17-15-33)40-25-39(29-45(27-31-8-3-1-4-9-31)28-32-10-5-2-6-11-32)50-43(51-40)37-20-18-35(19-21-37)38-13-7-12-34(24-38)26-44-41(47)22-23-42(48)49/h1-21,24,39-40,43,46H,22-23,25-30H2,(H,44,47)(H,48,49)/t39-,40+,43+/m0/s1. The SMILES string of the molecule is O=C(O)CCC(=O)NCc1cccc(-c2ccc([C@@H]3O[C@H](CN(Cc4ccccc4)Cc4ccccc4)C[C@H](c4ccc(CO)cc4)O3)cc2)c1. The van der Waals surface area contributed by atoms with Crippen LogP contribution in [0.1, 0.15) is 65.0 Å². The average molecular weight is 685 g/mol. The molecule has 8 heteroatoms. The van der Waals surface area contributed by atoms with Crippen LogP contribution in [0.2, 0.25) is 0 Å². The number of carbonyl (C=O) groups is 2. The van der Waals surface area contributed by atoms with E-state index in [1.807, 2.05) is 72.8 Å². The minimum Gasteiger partial charge on any atom is -0.481 e. The van der Waals surface area contributed by atoms with Gasteiger partial charge in [-0.15, -0.1) is 0 Å². The van der Waals surface area contributed by atoms with Gasteiger partial charge < -0.3 is 25.0 Å². The van der Waals surface area contributed by atoms with E-state index in [1.165, 1.54) is 11.1 Å². The number of hydrogen-bond acceptors (Lipinski definition) is 6. The van der Waals surface area contributed by atoms with E-state index in [9.17, 15) is 14.7 Å². The van der Waals surface area contributed by atoms with Crippen LogP contribution in [0.25, 0.3) is 11.1 Å². The van der Waals surface area contributed by atoms with E-state index in [0.29, 0.717) is 19.5 Å². The minimum absolute atomic E-state index is 0.00914. The molecule has 1 aliphatic heterocycles. The second-order valence-electron chi connectivity index (χ2n) is 13.0. The summed E-state index contributed by atoms with van der Waals surface area (Å²) in [4.78, 5) is 25.3. The maximum Gasteiger partial charge on any atom is 0.303 e. The number of carbonyl (C=O) groups excluding carboxylic acids is 1. The molecule has 0 spiro atoms. The van der Waals surface area contributed by atoms with Crippen LogP contribution in [-0.2, 0) is 45.3 Å². The highest BCUT2D eigenvalue weighted by atomic mass is 16.7. The normalized spacial score (nSPS) is 17.3. The summed E-state index contributed by atoms with van der Waals surface area (Å²) >= 11 is 0. The number of carboxylic acids is 1. The Morgan fingerprint density at radius 1 is 0.667 bits per heavy atom. The van der Waals surface area contributed by atoms with Crippen molar-refractivity contribution in [3.8, 4) is 11.1 Å². The maximum absolute atomic E-state index is 12.0. The molecule has 1 amide bonds. The van der Waals surface area contributed by atoms with Gasteiger partial charge in [0.2, 0.25) is 5.91 Å². The van der Waals surface area contributed by atoms with Crippen LogP contribution >= 0.6 is 0 Å². The highest BCUT2D eigenvalue weighted by Gasteiger charge is 2.33. The zero-order valence-electron chi connectivity index (χ0n) is 28.6. The second kappa shape index (κ2) is 17.7. The van der Waals surface area contributed by atoms with Crippen molar-refractivity contribution in [1.82, 2.24) is 10.2 Å². The lowest BCUT2D eigenvalue weighted by Gasteiger charge is -2.38. The Bertz CT molecular complexity index is 1810. The van der Waals surface area contributed by atoms with Gasteiger partial charge >= 0.3 is 5.97 Å². The first-order valence-electron chi connectivity index (χ1n) is 17.4. The fraction of sp³-hybridized carbons (Fsp3) is 0.256. The van der Waals surface area contributed by atoms with Crippen molar-refractivity contribution >= 4 is 11.9 Å². The lowest BCUT2D eigenvalue weighted by Crippen LogP contribution is -2.39. The third-order valence-corrected chi connectivity index (χ3v) is 9.07. The Morgan fingerprint density at radius 3 is 1.92 bits per heavy atom. The number of nitrogens with zero attached hydrogens (tertiary/aromatic N) is 1. The summed E-state index contributed by atoms with van der Waals surface area (Å²) < 4.78 is 13.4. The molecule has 6 rings (SSSR count). The molecule has 5 aromatic carbocycles. The fourth-order valence-corrected chi connectivity index (χ4v) is 6.39. The number of aliphatic carboxylic acids is 1. The zero-order valence-corrected chi connectivity index (χ0v) is 28.6. The molecule has 0 unspecified atom stereocenters. The molecule has 3 N–H and O–H groups in total. The molecule has 0 aromatic heterocycles. The molecular weight excluding hydrogens is 640 g/mol. The van der Waals surface area contributed by atoms with Crippen molar-refractivity contribution in [2.75, 3.05) is 6.54 Å². The smallest absolute Gasteiger partial charge is 0.303 e. The molecule has 5 aromatic rings. The molecule has 51 heavy (non-hydrogen) atoms. The highest BCUT2D eigenvalue weighted by Crippen LogP contribution is 2.39. The van der Waals surface area contributed by atoms with Gasteiger partial charge in [0.1, 0.15) is 0 Å². The molecule has 0 aliphatic carbocycles. The van der Waals surface area contributed by atoms with Crippen molar-refractivity contribution in [2.24, 2.45) is 0 Å². The monoisotopic (exact) mass is 684 g/mol. The Morgan fingerprint density at radius 2 is 1.29 bits per heavy atom. The van der Waals surface area contributed by atoms with Gasteiger partial charge in [0.15, 0.2) is 6.29 Å². The van der Waals surface area contributed by atoms with E-state index in [1.54, 1.807) is 0 Å². The number of aliphatic hydroxyl groups excluding tert-OH is 1. The first-order chi connectivity index (χ1) is 24.9. The summed E-state index contributed by atoms with van der Waals surface area (Å²) in [6.45, 7) is 2.60. The van der Waals surface area contributed by atoms with Gasteiger partial charge in [-0.05, 0) is 45.0 Å². The van der Waals surface area contributed by atoms with E-state index in [2.05, 4.69) is 70.9 Å². The number of aliphatic hydroxyl groups is 1. The van der Waals surface area contributed by atoms with E-state index >= 15 is 0 Å². The van der Waals surface area contributed by atoms with Crippen molar-refractivity contribution in [1.29, 1.82) is 0 Å². The molecule has 0 saturated carbocycles. The van der Waals surface area contributed by atoms with Gasteiger partial charge in [0.05, 0.1) is 25.2 Å². The van der Waals surface area contributed by atoms with Gasteiger partial charge in [-0.25, -0.2) is 0 Å². The fourth-order valence-electron chi connectivity index (χ4n) is 6.39. The number of hydrogen-bond donors (Lipinski definition) is 3. The highest BCUT2D eigenvalue weighted by molar-refractivity contribution is 5.80. The molecule has 1 aliphatic rings. The van der Waals surface area contributed by atoms with E-state index < -0.39 is 12.3 Å². The van der Waals surface area contributed by atoms with Crippen molar-refractivity contribution in [2.45, 2.75) is 64.0 Å². The van der Waals surface area contributed by atoms with E-state index in [4.69, 9.17) is 14.6 Å². The van der Waals surface area contributed by atoms with Crippen molar-refractivity contribution < 1.29 is 29.3 Å². The number of benzene rings is 5. The number of nitrogens with one attached hydrogen (secondary N) is 1. The number of amides is 1. The number of rotatable bonds is 15. The van der Waals surface area contributed by atoms with Crippen LogP contribution in [-0.4, -0.2) is 39.6 Å². The van der Waals surface area contributed by atoms with Crippen LogP contribution < -0.4 is 5.32 Å². The van der Waals surface area contributed by atoms with Crippen LogP contribution in [0.3, 0.4) is 0 Å². The summed E-state index contributed by atoms with van der Waals surface area (Å²) in [7, 11) is 0. The summed E-state index contributed by atoms with van der Waals surface area (Å²) in [6.07, 6.45) is -0.436. The lowest BCUT2D eigenvalue weighted by molar-refractivity contribution is -0.253. The molecule has 0 radical (unpaired) electrons. The van der Waals surface area contributed by atoms with Gasteiger partial charge in [-0.2, -0.15) is 0 Å². The third kappa shape index (κ3) is 10.4. The summed E-state index contributed by atoms with van der Waals surface area (Å²) in [6, 6.07) is 45.1. The molecule has 0 bridgehead atoms. The quantitative estimate of drug-likeness (QED) is 0.104. The number of carboxylic acid groups (broad SMARTS) is 1. The zero-order chi connectivity index (χ0) is 35.4. The van der Waals surface area contributed by atoms with E-state index in [-0.39, 0.29) is 37.6 Å². The summed E-state index contributed by atoms with van der Waals surface area (Å²) in [5.74, 6) is -1.28. The maximum atomic E-state index is 12.0. The molecule has 262 valence electrons.